The van der Waals surface area contributed by atoms with Gasteiger partial charge in [0.1, 0.15) is 5.75 Å². The molecule has 0 aliphatic carbocycles. The molecule has 2 rings (SSSR count). The summed E-state index contributed by atoms with van der Waals surface area (Å²) in [7, 11) is 1.68. The molecule has 1 aromatic rings. The van der Waals surface area contributed by atoms with Crippen molar-refractivity contribution in [2.45, 2.75) is 0 Å². The number of hydrogen-bond acceptors (Lipinski definition) is 3. The summed E-state index contributed by atoms with van der Waals surface area (Å²) in [6, 6.07) is 5.71. The van der Waals surface area contributed by atoms with E-state index in [1.807, 2.05) is 18.2 Å². The van der Waals surface area contributed by atoms with E-state index in [9.17, 15) is 0 Å². The molecule has 3 heteroatoms. The Balaban J connectivity index is 2.34. The smallest absolute Gasteiger partial charge is 0.142 e. The number of nitrogens with two attached hydrogens (primary N) is 1. The predicted molar refractivity (Wildman–Crippen MR) is 58.8 cm³/mol. The molecule has 0 saturated heterocycles. The molecule has 74 valence electrons. The second-order valence-corrected chi connectivity index (χ2v) is 3.31. The normalized spacial score (nSPS) is 14.8. The Bertz CT molecular complexity index is 352. The first kappa shape index (κ1) is 8.94. The fourth-order valence-electron chi connectivity index (χ4n) is 1.63. The highest BCUT2D eigenvalue weighted by atomic mass is 16.5. The zero-order valence-corrected chi connectivity index (χ0v) is 8.23. The van der Waals surface area contributed by atoms with E-state index in [1.165, 1.54) is 0 Å². The van der Waals surface area contributed by atoms with Gasteiger partial charge < -0.3 is 15.4 Å². The van der Waals surface area contributed by atoms with Crippen LogP contribution in [0, 0.1) is 0 Å². The number of nitrogen functional groups attached to an aromatic ring is 1. The summed E-state index contributed by atoms with van der Waals surface area (Å²) in [5, 5.41) is 0. The molecule has 3 nitrogen and oxygen atoms in total. The van der Waals surface area contributed by atoms with Gasteiger partial charge in [0, 0.05) is 18.8 Å². The van der Waals surface area contributed by atoms with Crippen LogP contribution in [-0.2, 0) is 0 Å². The molecule has 0 amide bonds. The summed E-state index contributed by atoms with van der Waals surface area (Å²) in [6.45, 7) is 1.86. The second-order valence-electron chi connectivity index (χ2n) is 3.31. The van der Waals surface area contributed by atoms with Crippen LogP contribution in [0.15, 0.2) is 30.4 Å². The number of methoxy groups -OCH3 is 1. The zero-order valence-electron chi connectivity index (χ0n) is 8.23. The highest BCUT2D eigenvalue weighted by molar-refractivity contribution is 5.66. The maximum absolute atomic E-state index is 5.75. The van der Waals surface area contributed by atoms with Crippen LogP contribution in [0.25, 0.3) is 0 Å². The molecule has 1 aliphatic rings. The Morgan fingerprint density at radius 3 is 2.64 bits per heavy atom. The van der Waals surface area contributed by atoms with Gasteiger partial charge in [-0.1, -0.05) is 12.2 Å². The van der Waals surface area contributed by atoms with Gasteiger partial charge in [-0.25, -0.2) is 0 Å². The van der Waals surface area contributed by atoms with E-state index in [1.54, 1.807) is 7.11 Å². The lowest BCUT2D eigenvalue weighted by molar-refractivity contribution is 0.415. The molecule has 1 aromatic carbocycles. The number of benzene rings is 1. The monoisotopic (exact) mass is 190 g/mol. The summed E-state index contributed by atoms with van der Waals surface area (Å²) in [6.07, 6.45) is 4.28. The third-order valence-electron chi connectivity index (χ3n) is 2.36. The van der Waals surface area contributed by atoms with Crippen LogP contribution in [0.1, 0.15) is 0 Å². The standard InChI is InChI=1S/C11H14N2O/c1-14-11-5-4-9(12)8-10(11)13-6-2-3-7-13/h2-5,8H,6-7,12H2,1H3. The van der Waals surface area contributed by atoms with Crippen LogP contribution in [0.3, 0.4) is 0 Å². The molecule has 0 bridgehead atoms. The van der Waals surface area contributed by atoms with Crippen LogP contribution in [0.5, 0.6) is 5.75 Å². The van der Waals surface area contributed by atoms with Gasteiger partial charge >= 0.3 is 0 Å². The van der Waals surface area contributed by atoms with Gasteiger partial charge in [0.2, 0.25) is 0 Å². The molecular formula is C11H14N2O. The lowest BCUT2D eigenvalue weighted by atomic mass is 10.2. The summed E-state index contributed by atoms with van der Waals surface area (Å²) >= 11 is 0. The van der Waals surface area contributed by atoms with Gasteiger partial charge in [0.15, 0.2) is 0 Å². The van der Waals surface area contributed by atoms with E-state index in [2.05, 4.69) is 17.1 Å². The molecule has 0 spiro atoms. The summed E-state index contributed by atoms with van der Waals surface area (Å²) in [5.41, 5.74) is 7.59. The molecule has 14 heavy (non-hydrogen) atoms. The maximum atomic E-state index is 5.75. The highest BCUT2D eigenvalue weighted by Crippen LogP contribution is 2.31. The fraction of sp³-hybridized carbons (Fsp3) is 0.273. The molecule has 0 saturated carbocycles. The SMILES string of the molecule is COc1ccc(N)cc1N1CC=CC1. The average molecular weight is 190 g/mol. The van der Waals surface area contributed by atoms with Crippen molar-refractivity contribution in [1.82, 2.24) is 0 Å². The third kappa shape index (κ3) is 1.53. The molecule has 0 aromatic heterocycles. The topological polar surface area (TPSA) is 38.5 Å². The molecular weight excluding hydrogens is 176 g/mol. The van der Waals surface area contributed by atoms with Gasteiger partial charge in [-0.2, -0.15) is 0 Å². The first-order chi connectivity index (χ1) is 6.81. The largest absolute Gasteiger partial charge is 0.495 e. The van der Waals surface area contributed by atoms with Crippen LogP contribution in [0.4, 0.5) is 11.4 Å². The molecule has 0 atom stereocenters. The maximum Gasteiger partial charge on any atom is 0.142 e. The van der Waals surface area contributed by atoms with Crippen molar-refractivity contribution in [3.8, 4) is 5.75 Å². The summed E-state index contributed by atoms with van der Waals surface area (Å²) < 4.78 is 5.29. The van der Waals surface area contributed by atoms with Gasteiger partial charge in [-0.05, 0) is 18.2 Å². The number of nitrogens with zero attached hydrogens (tertiary/aromatic N) is 1. The van der Waals surface area contributed by atoms with Crippen LogP contribution in [-0.4, -0.2) is 20.2 Å². The lowest BCUT2D eigenvalue weighted by Crippen LogP contribution is -2.19. The Morgan fingerprint density at radius 1 is 1.29 bits per heavy atom. The fourth-order valence-corrected chi connectivity index (χ4v) is 1.63. The minimum Gasteiger partial charge on any atom is -0.495 e. The lowest BCUT2D eigenvalue weighted by Gasteiger charge is -2.20. The molecule has 1 aliphatic heterocycles. The molecule has 1 heterocycles. The Kier molecular flexibility index (Phi) is 2.31. The minimum atomic E-state index is 0.771. The quantitative estimate of drug-likeness (QED) is 0.569. The van der Waals surface area contributed by atoms with Gasteiger partial charge in [0.25, 0.3) is 0 Å². The minimum absolute atomic E-state index is 0.771. The number of anilines is 2. The molecule has 0 fully saturated rings. The third-order valence-corrected chi connectivity index (χ3v) is 2.36. The highest BCUT2D eigenvalue weighted by Gasteiger charge is 2.12. The number of hydrogen-bond donors (Lipinski definition) is 1. The van der Waals surface area contributed by atoms with Gasteiger partial charge in [-0.15, -0.1) is 0 Å². The van der Waals surface area contributed by atoms with Crippen LogP contribution >= 0.6 is 0 Å². The predicted octanol–water partition coefficient (Wildman–Crippen LogP) is 1.65. The van der Waals surface area contributed by atoms with E-state index in [4.69, 9.17) is 10.5 Å². The second kappa shape index (κ2) is 3.62. The Labute approximate surface area is 83.8 Å². The van der Waals surface area contributed by atoms with Crippen LogP contribution in [0.2, 0.25) is 0 Å². The van der Waals surface area contributed by atoms with Crippen molar-refractivity contribution in [1.29, 1.82) is 0 Å². The van der Waals surface area contributed by atoms with E-state index in [-0.39, 0.29) is 0 Å². The number of ether oxygens (including phenoxy) is 1. The van der Waals surface area contributed by atoms with Crippen molar-refractivity contribution in [3.63, 3.8) is 0 Å². The van der Waals surface area contributed by atoms with Gasteiger partial charge in [0.05, 0.1) is 12.8 Å². The number of rotatable bonds is 2. The average Bonchev–Trinajstić information content (AvgIpc) is 2.70. The van der Waals surface area contributed by atoms with E-state index < -0.39 is 0 Å². The Morgan fingerprint density at radius 2 is 2.00 bits per heavy atom. The Hall–Kier alpha value is -1.64. The van der Waals surface area contributed by atoms with Gasteiger partial charge in [-0.3, -0.25) is 0 Å². The van der Waals surface area contributed by atoms with Crippen molar-refractivity contribution >= 4 is 11.4 Å². The van der Waals surface area contributed by atoms with Crippen molar-refractivity contribution in [2.24, 2.45) is 0 Å². The van der Waals surface area contributed by atoms with Crippen LogP contribution < -0.4 is 15.4 Å². The molecule has 0 unspecified atom stereocenters. The summed E-state index contributed by atoms with van der Waals surface area (Å²) in [5.74, 6) is 0.878. The van der Waals surface area contributed by atoms with Crippen molar-refractivity contribution < 1.29 is 4.74 Å². The molecule has 2 N–H and O–H groups in total. The first-order valence-electron chi connectivity index (χ1n) is 4.64. The zero-order chi connectivity index (χ0) is 9.97. The van der Waals surface area contributed by atoms with E-state index in [0.717, 1.165) is 30.2 Å². The van der Waals surface area contributed by atoms with E-state index in [0.29, 0.717) is 0 Å². The van der Waals surface area contributed by atoms with Crippen molar-refractivity contribution in [2.75, 3.05) is 30.8 Å². The first-order valence-corrected chi connectivity index (χ1v) is 4.64. The van der Waals surface area contributed by atoms with Crippen molar-refractivity contribution in [3.05, 3.63) is 30.4 Å². The molecule has 0 radical (unpaired) electrons. The van der Waals surface area contributed by atoms with E-state index >= 15 is 0 Å². The summed E-state index contributed by atoms with van der Waals surface area (Å²) in [4.78, 5) is 2.22.